The Morgan fingerprint density at radius 3 is 2.55 bits per heavy atom. The van der Waals surface area contributed by atoms with Crippen LogP contribution in [0.2, 0.25) is 5.02 Å². The van der Waals surface area contributed by atoms with Gasteiger partial charge in [-0.15, -0.1) is 0 Å². The summed E-state index contributed by atoms with van der Waals surface area (Å²) in [6.45, 7) is 1.93. The summed E-state index contributed by atoms with van der Waals surface area (Å²) in [6.07, 6.45) is 4.29. The first-order valence-electron chi connectivity index (χ1n) is 9.86. The molecule has 1 aromatic heterocycles. The Morgan fingerprint density at radius 1 is 1.12 bits per heavy atom. The van der Waals surface area contributed by atoms with Crippen molar-refractivity contribution in [2.45, 2.75) is 18.4 Å². The summed E-state index contributed by atoms with van der Waals surface area (Å²) in [5.74, 6) is -0.522. The molecule has 0 fully saturated rings. The van der Waals surface area contributed by atoms with Gasteiger partial charge in [-0.1, -0.05) is 23.7 Å². The molecule has 0 aliphatic heterocycles. The number of benzene rings is 2. The lowest BCUT2D eigenvalue weighted by molar-refractivity contribution is -0.111. The van der Waals surface area contributed by atoms with E-state index in [0.29, 0.717) is 17.0 Å². The van der Waals surface area contributed by atoms with E-state index in [1.165, 1.54) is 42.7 Å². The molecule has 0 aliphatic rings. The number of rotatable bonds is 9. The number of ether oxygens (including phenoxy) is 1. The molecule has 0 saturated carbocycles. The lowest BCUT2D eigenvalue weighted by Gasteiger charge is -2.08. The van der Waals surface area contributed by atoms with Crippen molar-refractivity contribution in [2.75, 3.05) is 11.9 Å². The molecule has 0 bridgehead atoms. The molecule has 0 saturated heterocycles. The molecule has 0 aliphatic carbocycles. The Morgan fingerprint density at radius 2 is 1.88 bits per heavy atom. The number of esters is 1. The van der Waals surface area contributed by atoms with Gasteiger partial charge in [-0.25, -0.2) is 17.9 Å². The lowest BCUT2D eigenvalue weighted by Crippen LogP contribution is -2.22. The fraction of sp³-hybridized carbons (Fsp3) is 0.130. The van der Waals surface area contributed by atoms with Crippen molar-refractivity contribution >= 4 is 45.3 Å². The van der Waals surface area contributed by atoms with Gasteiger partial charge in [-0.05, 0) is 61.0 Å². The molecule has 2 aromatic carbocycles. The van der Waals surface area contributed by atoms with Crippen LogP contribution in [-0.2, 0) is 26.1 Å². The molecule has 3 aromatic rings. The molecule has 0 spiro atoms. The topological polar surface area (TPSA) is 115 Å². The highest BCUT2D eigenvalue weighted by atomic mass is 35.5. The molecular weight excluding hydrogens is 468 g/mol. The normalized spacial score (nSPS) is 11.5. The Bertz CT molecular complexity index is 1250. The minimum absolute atomic E-state index is 0.0414. The maximum atomic E-state index is 12.4. The summed E-state index contributed by atoms with van der Waals surface area (Å²) >= 11 is 6.02. The van der Waals surface area contributed by atoms with E-state index >= 15 is 0 Å². The smallest absolute Gasteiger partial charge is 0.339 e. The zero-order chi connectivity index (χ0) is 23.8. The van der Waals surface area contributed by atoms with Gasteiger partial charge in [0.25, 0.3) is 0 Å². The molecule has 0 unspecified atom stereocenters. The third kappa shape index (κ3) is 6.79. The van der Waals surface area contributed by atoms with Crippen LogP contribution in [-0.4, -0.2) is 26.9 Å². The van der Waals surface area contributed by atoms with Crippen molar-refractivity contribution in [3.05, 3.63) is 88.8 Å². The fourth-order valence-electron chi connectivity index (χ4n) is 2.74. The number of anilines is 1. The van der Waals surface area contributed by atoms with Gasteiger partial charge in [-0.3, -0.25) is 4.79 Å². The molecule has 1 amide bonds. The van der Waals surface area contributed by atoms with Crippen LogP contribution in [0.3, 0.4) is 0 Å². The molecule has 2 N–H and O–H groups in total. The number of sulfonamides is 1. The second-order valence-corrected chi connectivity index (χ2v) is 8.88. The van der Waals surface area contributed by atoms with Crippen molar-refractivity contribution in [3.8, 4) is 0 Å². The van der Waals surface area contributed by atoms with Crippen LogP contribution in [0.15, 0.2) is 76.2 Å². The standard InChI is InChI=1S/C23H21ClN2O6S/c1-2-31-23(28)20-14-17(8-11-21(20)24)26-22(27)12-7-16-5-9-19(10-6-16)33(29,30)25-15-18-4-3-13-32-18/h3-14,25H,2,15H2,1H3,(H,26,27)/b12-7-. The maximum Gasteiger partial charge on any atom is 0.339 e. The Kier molecular flexibility index (Phi) is 8.05. The molecule has 33 heavy (non-hydrogen) atoms. The minimum Gasteiger partial charge on any atom is -0.468 e. The molecular formula is C23H21ClN2O6S. The van der Waals surface area contributed by atoms with E-state index < -0.39 is 21.9 Å². The average Bonchev–Trinajstić information content (AvgIpc) is 3.32. The number of halogens is 1. The Balaban J connectivity index is 1.61. The second-order valence-electron chi connectivity index (χ2n) is 6.71. The number of carbonyl (C=O) groups excluding carboxylic acids is 2. The minimum atomic E-state index is -3.71. The quantitative estimate of drug-likeness (QED) is 0.344. The van der Waals surface area contributed by atoms with Crippen LogP contribution in [0.4, 0.5) is 5.69 Å². The zero-order valence-corrected chi connectivity index (χ0v) is 19.2. The monoisotopic (exact) mass is 488 g/mol. The first-order chi connectivity index (χ1) is 15.8. The lowest BCUT2D eigenvalue weighted by atomic mass is 10.2. The molecule has 8 nitrogen and oxygen atoms in total. The van der Waals surface area contributed by atoms with Crippen molar-refractivity contribution < 1.29 is 27.2 Å². The summed E-state index contributed by atoms with van der Waals surface area (Å²) in [7, 11) is -3.71. The molecule has 172 valence electrons. The van der Waals surface area contributed by atoms with E-state index in [0.717, 1.165) is 0 Å². The predicted octanol–water partition coefficient (Wildman–Crippen LogP) is 4.24. The number of furan rings is 1. The van der Waals surface area contributed by atoms with Gasteiger partial charge in [-0.2, -0.15) is 0 Å². The van der Waals surface area contributed by atoms with E-state index in [1.807, 2.05) is 0 Å². The van der Waals surface area contributed by atoms with Crippen LogP contribution >= 0.6 is 11.6 Å². The van der Waals surface area contributed by atoms with Crippen LogP contribution in [0, 0.1) is 0 Å². The number of hydrogen-bond donors (Lipinski definition) is 2. The van der Waals surface area contributed by atoms with E-state index in [-0.39, 0.29) is 28.6 Å². The van der Waals surface area contributed by atoms with Crippen molar-refractivity contribution in [3.63, 3.8) is 0 Å². The predicted molar refractivity (Wildman–Crippen MR) is 124 cm³/mol. The number of carbonyl (C=O) groups is 2. The van der Waals surface area contributed by atoms with Gasteiger partial charge in [0.2, 0.25) is 15.9 Å². The van der Waals surface area contributed by atoms with Crippen molar-refractivity contribution in [1.82, 2.24) is 4.72 Å². The summed E-state index contributed by atoms with van der Waals surface area (Å²) in [5.41, 5.74) is 1.15. The zero-order valence-electron chi connectivity index (χ0n) is 17.6. The SMILES string of the molecule is CCOC(=O)c1cc(NC(=O)/C=C\c2ccc(S(=O)(=O)NCc3ccco3)cc2)ccc1Cl. The van der Waals surface area contributed by atoms with Gasteiger partial charge >= 0.3 is 5.97 Å². The van der Waals surface area contributed by atoms with Gasteiger partial charge in [0, 0.05) is 11.8 Å². The largest absolute Gasteiger partial charge is 0.468 e. The van der Waals surface area contributed by atoms with Gasteiger partial charge in [0.1, 0.15) is 5.76 Å². The highest BCUT2D eigenvalue weighted by Crippen LogP contribution is 2.22. The number of hydrogen-bond acceptors (Lipinski definition) is 6. The van der Waals surface area contributed by atoms with E-state index in [2.05, 4.69) is 10.0 Å². The first kappa shape index (κ1) is 24.2. The third-order valence-corrected chi connectivity index (χ3v) is 6.11. The summed E-state index contributed by atoms with van der Waals surface area (Å²) < 4.78 is 37.2. The van der Waals surface area contributed by atoms with Crippen LogP contribution < -0.4 is 10.0 Å². The second kappa shape index (κ2) is 11.0. The average molecular weight is 489 g/mol. The van der Waals surface area contributed by atoms with Crippen LogP contribution in [0.1, 0.15) is 28.6 Å². The molecule has 0 radical (unpaired) electrons. The molecule has 3 rings (SSSR count). The highest BCUT2D eigenvalue weighted by molar-refractivity contribution is 7.89. The number of amides is 1. The number of nitrogens with one attached hydrogen (secondary N) is 2. The van der Waals surface area contributed by atoms with E-state index in [9.17, 15) is 18.0 Å². The van der Waals surface area contributed by atoms with Gasteiger partial charge in [0.15, 0.2) is 0 Å². The van der Waals surface area contributed by atoms with Crippen LogP contribution in [0.25, 0.3) is 6.08 Å². The molecule has 10 heteroatoms. The van der Waals surface area contributed by atoms with Gasteiger partial charge < -0.3 is 14.5 Å². The summed E-state index contributed by atoms with van der Waals surface area (Å²) in [4.78, 5) is 24.3. The van der Waals surface area contributed by atoms with Crippen molar-refractivity contribution in [1.29, 1.82) is 0 Å². The van der Waals surface area contributed by atoms with Crippen molar-refractivity contribution in [2.24, 2.45) is 0 Å². The van der Waals surface area contributed by atoms with Gasteiger partial charge in [0.05, 0.1) is 34.9 Å². The van der Waals surface area contributed by atoms with E-state index in [4.69, 9.17) is 20.8 Å². The van der Waals surface area contributed by atoms with Crippen LogP contribution in [0.5, 0.6) is 0 Å². The molecule has 1 heterocycles. The third-order valence-electron chi connectivity index (χ3n) is 4.36. The highest BCUT2D eigenvalue weighted by Gasteiger charge is 2.14. The molecule has 0 atom stereocenters. The Hall–Kier alpha value is -3.40. The first-order valence-corrected chi connectivity index (χ1v) is 11.7. The maximum absolute atomic E-state index is 12.4. The van der Waals surface area contributed by atoms with E-state index in [1.54, 1.807) is 37.3 Å². The summed E-state index contributed by atoms with van der Waals surface area (Å²) in [5, 5.41) is 2.85. The Labute approximate surface area is 196 Å². The summed E-state index contributed by atoms with van der Waals surface area (Å²) in [6, 6.07) is 13.9. The fourth-order valence-corrected chi connectivity index (χ4v) is 3.93.